The smallest absolute Gasteiger partial charge is 0.338 e. The van der Waals surface area contributed by atoms with Crippen LogP contribution in [0.25, 0.3) is 0 Å². The third-order valence-corrected chi connectivity index (χ3v) is 6.22. The van der Waals surface area contributed by atoms with Gasteiger partial charge in [-0.15, -0.1) is 0 Å². The topological polar surface area (TPSA) is 92.8 Å². The van der Waals surface area contributed by atoms with E-state index in [1.807, 2.05) is 19.1 Å². The summed E-state index contributed by atoms with van der Waals surface area (Å²) in [6, 6.07) is 13.1. The number of amides is 3. The fourth-order valence-electron chi connectivity index (χ4n) is 4.09. The van der Waals surface area contributed by atoms with E-state index in [1.165, 1.54) is 17.0 Å². The van der Waals surface area contributed by atoms with Crippen molar-refractivity contribution in [3.8, 4) is 0 Å². The minimum Gasteiger partial charge on any atom is -0.452 e. The van der Waals surface area contributed by atoms with Gasteiger partial charge >= 0.3 is 5.97 Å². The van der Waals surface area contributed by atoms with Crippen LogP contribution in [0.15, 0.2) is 65.2 Å². The number of fused-ring (bicyclic) bond motifs is 1. The lowest BCUT2D eigenvalue weighted by Gasteiger charge is -2.22. The second kappa shape index (κ2) is 9.08. The number of ether oxygens (including phenoxy) is 1. The Balaban J connectivity index is 1.36. The lowest BCUT2D eigenvalue weighted by atomic mass is 9.78. The fourth-order valence-corrected chi connectivity index (χ4v) is 4.36. The predicted octanol–water partition coefficient (Wildman–Crippen LogP) is 3.95. The highest BCUT2D eigenvalue weighted by Crippen LogP contribution is 2.40. The van der Waals surface area contributed by atoms with Gasteiger partial charge in [0.15, 0.2) is 6.61 Å². The maximum absolute atomic E-state index is 12.9. The molecule has 0 radical (unpaired) electrons. The van der Waals surface area contributed by atoms with Crippen molar-refractivity contribution in [1.82, 2.24) is 0 Å². The number of hydrogen-bond donors (Lipinski definition) is 1. The van der Waals surface area contributed by atoms with Crippen molar-refractivity contribution in [3.05, 3.63) is 70.7 Å². The van der Waals surface area contributed by atoms with Crippen molar-refractivity contribution >= 4 is 51.0 Å². The van der Waals surface area contributed by atoms with E-state index in [0.29, 0.717) is 17.8 Å². The van der Waals surface area contributed by atoms with E-state index in [-0.39, 0.29) is 35.1 Å². The summed E-state index contributed by atoms with van der Waals surface area (Å²) in [5.41, 5.74) is 1.23. The Kier molecular flexibility index (Phi) is 6.23. The number of nitrogens with one attached hydrogen (secondary N) is 1. The lowest BCUT2D eigenvalue weighted by molar-refractivity contribution is -0.123. The Bertz CT molecular complexity index is 1090. The summed E-state index contributed by atoms with van der Waals surface area (Å²) in [7, 11) is 0. The number of anilines is 2. The molecule has 1 fully saturated rings. The van der Waals surface area contributed by atoms with Crippen LogP contribution in [0.1, 0.15) is 23.7 Å². The molecule has 1 aliphatic heterocycles. The summed E-state index contributed by atoms with van der Waals surface area (Å²) in [4.78, 5) is 51.1. The Morgan fingerprint density at radius 1 is 1.06 bits per heavy atom. The molecule has 1 aliphatic carbocycles. The number of imide groups is 1. The number of carbonyl (C=O) groups excluding carboxylic acids is 4. The number of hydrogen-bond acceptors (Lipinski definition) is 5. The van der Waals surface area contributed by atoms with Gasteiger partial charge in [-0.05, 0) is 60.9 Å². The van der Waals surface area contributed by atoms with Crippen LogP contribution >= 0.6 is 15.9 Å². The van der Waals surface area contributed by atoms with Crippen LogP contribution in [0.5, 0.6) is 0 Å². The first-order chi connectivity index (χ1) is 15.3. The van der Waals surface area contributed by atoms with Crippen LogP contribution < -0.4 is 10.2 Å². The minimum absolute atomic E-state index is 0.00741. The van der Waals surface area contributed by atoms with Crippen molar-refractivity contribution in [2.75, 3.05) is 16.8 Å². The quantitative estimate of drug-likeness (QED) is 0.384. The van der Waals surface area contributed by atoms with Crippen molar-refractivity contribution in [2.24, 2.45) is 17.8 Å². The summed E-state index contributed by atoms with van der Waals surface area (Å²) in [5, 5.41) is 2.64. The lowest BCUT2D eigenvalue weighted by Crippen LogP contribution is -2.31. The molecule has 3 atom stereocenters. The maximum Gasteiger partial charge on any atom is 0.338 e. The zero-order valence-electron chi connectivity index (χ0n) is 17.3. The molecule has 2 aromatic carbocycles. The number of carbonyl (C=O) groups is 4. The number of halogens is 1. The maximum atomic E-state index is 12.9. The molecular formula is C24H21BrN2O5. The molecule has 0 saturated carbocycles. The normalized spacial score (nSPS) is 21.9. The molecule has 164 valence electrons. The predicted molar refractivity (Wildman–Crippen MR) is 122 cm³/mol. The third kappa shape index (κ3) is 4.36. The second-order valence-electron chi connectivity index (χ2n) is 7.85. The van der Waals surface area contributed by atoms with E-state index in [4.69, 9.17) is 4.74 Å². The third-order valence-electron chi connectivity index (χ3n) is 5.70. The first-order valence-corrected chi connectivity index (χ1v) is 11.0. The molecule has 0 unspecified atom stereocenters. The van der Waals surface area contributed by atoms with Crippen LogP contribution in [0.3, 0.4) is 0 Å². The van der Waals surface area contributed by atoms with Crippen LogP contribution in [0, 0.1) is 17.8 Å². The summed E-state index contributed by atoms with van der Waals surface area (Å²) < 4.78 is 5.95. The molecule has 1 saturated heterocycles. The molecule has 3 amide bonds. The molecule has 8 heteroatoms. The number of benzene rings is 2. The number of esters is 1. The van der Waals surface area contributed by atoms with E-state index in [9.17, 15) is 19.2 Å². The Morgan fingerprint density at radius 2 is 1.75 bits per heavy atom. The first-order valence-electron chi connectivity index (χ1n) is 10.2. The van der Waals surface area contributed by atoms with Crippen molar-refractivity contribution < 1.29 is 23.9 Å². The number of nitrogens with zero attached hydrogens (tertiary/aromatic N) is 1. The van der Waals surface area contributed by atoms with Gasteiger partial charge in [0.25, 0.3) is 5.91 Å². The van der Waals surface area contributed by atoms with Crippen molar-refractivity contribution in [1.29, 1.82) is 0 Å². The van der Waals surface area contributed by atoms with Crippen molar-refractivity contribution in [3.63, 3.8) is 0 Å². The van der Waals surface area contributed by atoms with E-state index >= 15 is 0 Å². The van der Waals surface area contributed by atoms with Crippen LogP contribution in [0.4, 0.5) is 11.4 Å². The van der Waals surface area contributed by atoms with Gasteiger partial charge in [0.1, 0.15) is 0 Å². The van der Waals surface area contributed by atoms with Crippen LogP contribution in [0.2, 0.25) is 0 Å². The van der Waals surface area contributed by atoms with Gasteiger partial charge in [0.2, 0.25) is 11.8 Å². The molecule has 32 heavy (non-hydrogen) atoms. The van der Waals surface area contributed by atoms with Crippen LogP contribution in [-0.2, 0) is 19.1 Å². The Morgan fingerprint density at radius 3 is 2.41 bits per heavy atom. The molecule has 0 spiro atoms. The van der Waals surface area contributed by atoms with Gasteiger partial charge in [-0.1, -0.05) is 35.0 Å². The van der Waals surface area contributed by atoms with Gasteiger partial charge in [-0.25, -0.2) is 4.79 Å². The van der Waals surface area contributed by atoms with E-state index < -0.39 is 18.5 Å². The molecule has 2 aliphatic rings. The highest BCUT2D eigenvalue weighted by atomic mass is 79.9. The summed E-state index contributed by atoms with van der Waals surface area (Å²) in [6.45, 7) is 1.50. The Labute approximate surface area is 193 Å². The average molecular weight is 497 g/mol. The largest absolute Gasteiger partial charge is 0.452 e. The van der Waals surface area contributed by atoms with E-state index in [0.717, 1.165) is 4.47 Å². The van der Waals surface area contributed by atoms with E-state index in [2.05, 4.69) is 21.2 Å². The van der Waals surface area contributed by atoms with E-state index in [1.54, 1.807) is 36.4 Å². The summed E-state index contributed by atoms with van der Waals surface area (Å²) in [5.74, 6) is -2.23. The molecule has 0 bridgehead atoms. The van der Waals surface area contributed by atoms with Crippen LogP contribution in [-0.4, -0.2) is 30.3 Å². The standard InChI is InChI=1S/C24H21BrN2O5/c1-14-3-2-4-19-21(14)23(30)27(22(19)29)18-11-5-15(6-12-18)24(31)32-13-20(28)26-17-9-7-16(25)8-10-17/h2-3,5-12,14,19,21H,4,13H2,1H3,(H,26,28)/t14-,19-,21-/m1/s1. The molecule has 2 aromatic rings. The zero-order valence-corrected chi connectivity index (χ0v) is 18.9. The van der Waals surface area contributed by atoms with Gasteiger partial charge < -0.3 is 10.1 Å². The van der Waals surface area contributed by atoms with Gasteiger partial charge in [0, 0.05) is 10.2 Å². The number of rotatable bonds is 5. The highest BCUT2D eigenvalue weighted by molar-refractivity contribution is 9.10. The van der Waals surface area contributed by atoms with Gasteiger partial charge in [0.05, 0.1) is 23.1 Å². The minimum atomic E-state index is -0.673. The van der Waals surface area contributed by atoms with Gasteiger partial charge in [-0.2, -0.15) is 0 Å². The second-order valence-corrected chi connectivity index (χ2v) is 8.76. The molecule has 7 nitrogen and oxygen atoms in total. The average Bonchev–Trinajstić information content (AvgIpc) is 3.05. The molecule has 4 rings (SSSR count). The zero-order chi connectivity index (χ0) is 22.8. The highest BCUT2D eigenvalue weighted by Gasteiger charge is 2.50. The summed E-state index contributed by atoms with van der Waals surface area (Å²) >= 11 is 3.31. The van der Waals surface area contributed by atoms with Crippen molar-refractivity contribution in [2.45, 2.75) is 13.3 Å². The molecule has 1 N–H and O–H groups in total. The fraction of sp³-hybridized carbons (Fsp3) is 0.250. The Hall–Kier alpha value is -3.26. The summed E-state index contributed by atoms with van der Waals surface area (Å²) in [6.07, 6.45) is 4.48. The monoisotopic (exact) mass is 496 g/mol. The molecular weight excluding hydrogens is 476 g/mol. The first kappa shape index (κ1) is 22.0. The number of allylic oxidation sites excluding steroid dienone is 2. The molecule has 0 aromatic heterocycles. The molecule has 1 heterocycles. The van der Waals surface area contributed by atoms with Gasteiger partial charge in [-0.3, -0.25) is 19.3 Å². The SMILES string of the molecule is C[C@@H]1C=CC[C@H]2C(=O)N(c3ccc(C(=O)OCC(=O)Nc4ccc(Br)cc4)cc3)C(=O)[C@H]12.